The van der Waals surface area contributed by atoms with E-state index in [1.807, 2.05) is 0 Å². The summed E-state index contributed by atoms with van der Waals surface area (Å²) in [7, 11) is 0. The second-order valence-electron chi connectivity index (χ2n) is 7.43. The first-order valence-corrected chi connectivity index (χ1v) is 9.90. The number of fused-ring (bicyclic) bond motifs is 1. The maximum Gasteiger partial charge on any atom is 0.573 e. The topological polar surface area (TPSA) is 109 Å². The van der Waals surface area contributed by atoms with Crippen molar-refractivity contribution in [2.45, 2.75) is 24.5 Å². The molecule has 0 aliphatic carbocycles. The van der Waals surface area contributed by atoms with E-state index < -0.39 is 48.6 Å². The molecule has 2 amide bonds. The Bertz CT molecular complexity index is 1160. The zero-order valence-electron chi connectivity index (χ0n) is 17.7. The molecular formula is C22H18F6N4O3. The maximum atomic E-state index is 13.4. The zero-order chi connectivity index (χ0) is 26.0. The number of amides is 2. The van der Waals surface area contributed by atoms with Crippen molar-refractivity contribution in [1.82, 2.24) is 4.90 Å². The molecule has 2 aromatic carbocycles. The Balaban J connectivity index is 2.08. The SMILES string of the molecule is N=CC(=CN)[C@H]1[C@H](C(=O)Nc2cccc(OC(F)(F)F)c2)c2ccccc2C(=O)N1CC(F)(F)F. The summed E-state index contributed by atoms with van der Waals surface area (Å²) >= 11 is 0. The number of nitrogens with zero attached hydrogens (tertiary/aromatic N) is 1. The summed E-state index contributed by atoms with van der Waals surface area (Å²) in [6.07, 6.45) is -8.38. The summed E-state index contributed by atoms with van der Waals surface area (Å²) in [5.74, 6) is -4.07. The van der Waals surface area contributed by atoms with Crippen molar-refractivity contribution in [3.63, 3.8) is 0 Å². The molecule has 186 valence electrons. The molecule has 1 aliphatic heterocycles. The molecule has 2 aromatic rings. The van der Waals surface area contributed by atoms with Gasteiger partial charge in [-0.25, -0.2) is 0 Å². The Labute approximate surface area is 194 Å². The molecule has 0 saturated heterocycles. The quantitative estimate of drug-likeness (QED) is 0.408. The summed E-state index contributed by atoms with van der Waals surface area (Å²) in [5.41, 5.74) is 5.04. The van der Waals surface area contributed by atoms with Gasteiger partial charge in [0.2, 0.25) is 5.91 Å². The number of alkyl halides is 6. The average molecular weight is 500 g/mol. The Morgan fingerprint density at radius 1 is 1.11 bits per heavy atom. The molecule has 1 heterocycles. The second kappa shape index (κ2) is 9.68. The predicted octanol–water partition coefficient (Wildman–Crippen LogP) is 4.19. The van der Waals surface area contributed by atoms with Crippen LogP contribution in [0.3, 0.4) is 0 Å². The van der Waals surface area contributed by atoms with Crippen LogP contribution in [-0.2, 0) is 4.79 Å². The molecule has 0 aromatic heterocycles. The molecule has 1 aliphatic rings. The number of benzene rings is 2. The van der Waals surface area contributed by atoms with Gasteiger partial charge in [-0.05, 0) is 23.8 Å². The van der Waals surface area contributed by atoms with E-state index >= 15 is 0 Å². The minimum atomic E-state index is -4.99. The van der Waals surface area contributed by atoms with Gasteiger partial charge in [0, 0.05) is 35.3 Å². The monoisotopic (exact) mass is 500 g/mol. The highest BCUT2D eigenvalue weighted by Gasteiger charge is 2.48. The number of carbonyl (C=O) groups is 2. The lowest BCUT2D eigenvalue weighted by atomic mass is 9.79. The number of ether oxygens (including phenoxy) is 1. The van der Waals surface area contributed by atoms with E-state index in [-0.39, 0.29) is 22.4 Å². The van der Waals surface area contributed by atoms with Crippen LogP contribution in [0.2, 0.25) is 0 Å². The average Bonchev–Trinajstić information content (AvgIpc) is 2.75. The van der Waals surface area contributed by atoms with Gasteiger partial charge in [0.1, 0.15) is 12.3 Å². The van der Waals surface area contributed by atoms with E-state index in [2.05, 4.69) is 10.1 Å². The van der Waals surface area contributed by atoms with Gasteiger partial charge in [-0.3, -0.25) is 9.59 Å². The maximum absolute atomic E-state index is 13.4. The first-order chi connectivity index (χ1) is 16.3. The van der Waals surface area contributed by atoms with Crippen molar-refractivity contribution in [1.29, 1.82) is 5.41 Å². The Morgan fingerprint density at radius 2 is 1.80 bits per heavy atom. The van der Waals surface area contributed by atoms with Gasteiger partial charge in [-0.1, -0.05) is 24.3 Å². The van der Waals surface area contributed by atoms with Crippen molar-refractivity contribution in [2.24, 2.45) is 5.73 Å². The fourth-order valence-electron chi connectivity index (χ4n) is 3.84. The van der Waals surface area contributed by atoms with E-state index in [1.165, 1.54) is 36.4 Å². The smallest absolute Gasteiger partial charge is 0.406 e. The Kier molecular flexibility index (Phi) is 7.08. The molecule has 13 heteroatoms. The minimum Gasteiger partial charge on any atom is -0.406 e. The number of halogens is 6. The second-order valence-corrected chi connectivity index (χ2v) is 7.43. The van der Waals surface area contributed by atoms with Gasteiger partial charge in [-0.15, -0.1) is 13.2 Å². The number of hydrogen-bond acceptors (Lipinski definition) is 5. The van der Waals surface area contributed by atoms with E-state index in [4.69, 9.17) is 11.1 Å². The predicted molar refractivity (Wildman–Crippen MR) is 113 cm³/mol. The largest absolute Gasteiger partial charge is 0.573 e. The van der Waals surface area contributed by atoms with Gasteiger partial charge < -0.3 is 26.1 Å². The van der Waals surface area contributed by atoms with Crippen molar-refractivity contribution in [3.8, 4) is 5.75 Å². The van der Waals surface area contributed by atoms with Crippen molar-refractivity contribution < 1.29 is 40.7 Å². The Hall–Kier alpha value is -4.03. The highest BCUT2D eigenvalue weighted by molar-refractivity contribution is 6.06. The summed E-state index contributed by atoms with van der Waals surface area (Å²) in [6, 6.07) is 8.19. The third-order valence-electron chi connectivity index (χ3n) is 5.11. The molecule has 2 atom stereocenters. The van der Waals surface area contributed by atoms with Crippen LogP contribution in [0.4, 0.5) is 32.0 Å². The number of nitrogens with one attached hydrogen (secondary N) is 2. The molecule has 35 heavy (non-hydrogen) atoms. The fourth-order valence-corrected chi connectivity index (χ4v) is 3.84. The van der Waals surface area contributed by atoms with E-state index in [1.54, 1.807) is 0 Å². The van der Waals surface area contributed by atoms with Crippen LogP contribution in [-0.4, -0.2) is 48.1 Å². The van der Waals surface area contributed by atoms with Crippen LogP contribution in [0.15, 0.2) is 60.3 Å². The van der Waals surface area contributed by atoms with Crippen LogP contribution >= 0.6 is 0 Å². The third-order valence-corrected chi connectivity index (χ3v) is 5.11. The molecular weight excluding hydrogens is 482 g/mol. The number of anilines is 1. The molecule has 0 bridgehead atoms. The van der Waals surface area contributed by atoms with Crippen LogP contribution in [0, 0.1) is 5.41 Å². The van der Waals surface area contributed by atoms with Gasteiger partial charge in [0.05, 0.1) is 12.0 Å². The highest BCUT2D eigenvalue weighted by Crippen LogP contribution is 2.39. The highest BCUT2D eigenvalue weighted by atomic mass is 19.4. The van der Waals surface area contributed by atoms with Crippen molar-refractivity contribution in [3.05, 3.63) is 71.4 Å². The molecule has 0 saturated carbocycles. The van der Waals surface area contributed by atoms with Gasteiger partial charge >= 0.3 is 12.5 Å². The molecule has 0 spiro atoms. The van der Waals surface area contributed by atoms with Gasteiger partial charge in [0.25, 0.3) is 5.91 Å². The number of carbonyl (C=O) groups excluding carboxylic acids is 2. The minimum absolute atomic E-state index is 0.0716. The molecule has 0 radical (unpaired) electrons. The zero-order valence-corrected chi connectivity index (χ0v) is 17.7. The first kappa shape index (κ1) is 25.6. The van der Waals surface area contributed by atoms with Crippen LogP contribution < -0.4 is 15.8 Å². The molecule has 4 N–H and O–H groups in total. The first-order valence-electron chi connectivity index (χ1n) is 9.90. The molecule has 0 unspecified atom stereocenters. The Morgan fingerprint density at radius 3 is 2.40 bits per heavy atom. The fraction of sp³-hybridized carbons (Fsp3) is 0.227. The number of nitrogens with two attached hydrogens (primary N) is 1. The van der Waals surface area contributed by atoms with Crippen LogP contribution in [0.1, 0.15) is 21.8 Å². The standard InChI is InChI=1S/C22H18F6N4O3/c23-21(24,25)11-32-18(12(9-29)10-30)17(15-6-1-2-7-16(15)20(32)34)19(33)31-13-4-3-5-14(8-13)35-22(26,27)28/h1-10,17-18,29H,11,30H2,(H,31,33)/t17-,18+/m1/s1. The van der Waals surface area contributed by atoms with Crippen LogP contribution in [0.25, 0.3) is 0 Å². The van der Waals surface area contributed by atoms with Crippen molar-refractivity contribution >= 4 is 23.7 Å². The van der Waals surface area contributed by atoms with E-state index in [0.717, 1.165) is 18.3 Å². The molecule has 7 nitrogen and oxygen atoms in total. The van der Waals surface area contributed by atoms with E-state index in [9.17, 15) is 35.9 Å². The summed E-state index contributed by atoms with van der Waals surface area (Å²) in [4.78, 5) is 26.7. The lowest BCUT2D eigenvalue weighted by Gasteiger charge is -2.42. The van der Waals surface area contributed by atoms with Crippen LogP contribution in [0.5, 0.6) is 5.75 Å². The summed E-state index contributed by atoms with van der Waals surface area (Å²) in [6.45, 7) is -1.73. The van der Waals surface area contributed by atoms with E-state index in [0.29, 0.717) is 11.1 Å². The third kappa shape index (κ3) is 5.91. The lowest BCUT2D eigenvalue weighted by molar-refractivity contribution is -0.274. The molecule has 0 fully saturated rings. The summed E-state index contributed by atoms with van der Waals surface area (Å²) in [5, 5.41) is 9.94. The lowest BCUT2D eigenvalue weighted by Crippen LogP contribution is -2.55. The summed E-state index contributed by atoms with van der Waals surface area (Å²) < 4.78 is 81.6. The normalized spacial score (nSPS) is 18.6. The van der Waals surface area contributed by atoms with Crippen molar-refractivity contribution in [2.75, 3.05) is 11.9 Å². The number of hydrogen-bond donors (Lipinski definition) is 3. The van der Waals surface area contributed by atoms with Gasteiger partial charge in [-0.2, -0.15) is 13.2 Å². The molecule has 3 rings (SSSR count). The number of rotatable bonds is 6. The van der Waals surface area contributed by atoms with Gasteiger partial charge in [0.15, 0.2) is 0 Å².